The smallest absolute Gasteiger partial charge is 0.260 e. The minimum absolute atomic E-state index is 0.118. The Morgan fingerprint density at radius 1 is 1.38 bits per heavy atom. The van der Waals surface area contributed by atoms with Crippen molar-refractivity contribution in [2.24, 2.45) is 0 Å². The molecule has 0 saturated carbocycles. The summed E-state index contributed by atoms with van der Waals surface area (Å²) in [7, 11) is 0. The molecule has 4 heteroatoms. The maximum Gasteiger partial charge on any atom is 0.260 e. The van der Waals surface area contributed by atoms with Crippen molar-refractivity contribution in [1.29, 1.82) is 0 Å². The van der Waals surface area contributed by atoms with E-state index in [1.54, 1.807) is 13.0 Å². The summed E-state index contributed by atoms with van der Waals surface area (Å²) in [6, 6.07) is 5.54. The van der Waals surface area contributed by atoms with Gasteiger partial charge in [-0.2, -0.15) is 0 Å². The zero-order chi connectivity index (χ0) is 15.2. The summed E-state index contributed by atoms with van der Waals surface area (Å²) in [5, 5.41) is 2.84. The Morgan fingerprint density at radius 2 is 2.19 bits per heavy atom. The summed E-state index contributed by atoms with van der Waals surface area (Å²) in [5.41, 5.74) is 1.83. The first-order chi connectivity index (χ1) is 10.1. The summed E-state index contributed by atoms with van der Waals surface area (Å²) < 4.78 is 5.66. The Bertz CT molecular complexity index is 525. The van der Waals surface area contributed by atoms with Crippen molar-refractivity contribution >= 4 is 11.7 Å². The van der Waals surface area contributed by atoms with E-state index < -0.39 is 6.10 Å². The molecule has 1 aromatic carbocycles. The number of amides is 1. The Labute approximate surface area is 125 Å². The largest absolute Gasteiger partial charge is 0.481 e. The van der Waals surface area contributed by atoms with Crippen LogP contribution in [0.5, 0.6) is 5.75 Å². The highest BCUT2D eigenvalue weighted by molar-refractivity contribution is 5.98. The van der Waals surface area contributed by atoms with Gasteiger partial charge in [-0.25, -0.2) is 0 Å². The van der Waals surface area contributed by atoms with Gasteiger partial charge in [-0.1, -0.05) is 19.4 Å². The van der Waals surface area contributed by atoms with Gasteiger partial charge in [-0.15, -0.1) is 0 Å². The number of hydrogen-bond donors (Lipinski definition) is 1. The van der Waals surface area contributed by atoms with Crippen LogP contribution in [0, 0.1) is 0 Å². The highest BCUT2D eigenvalue weighted by Crippen LogP contribution is 2.25. The number of Topliss-reactive ketones (excluding diaryl/α,β-unsaturated/α-hetero) is 1. The van der Waals surface area contributed by atoms with Crippen LogP contribution in [0.25, 0.3) is 0 Å². The van der Waals surface area contributed by atoms with E-state index in [9.17, 15) is 9.59 Å². The molecule has 1 amide bonds. The lowest BCUT2D eigenvalue weighted by molar-refractivity contribution is -0.127. The molecule has 1 N–H and O–H groups in total. The van der Waals surface area contributed by atoms with Crippen molar-refractivity contribution in [2.75, 3.05) is 6.54 Å². The van der Waals surface area contributed by atoms with E-state index in [0.717, 1.165) is 36.8 Å². The number of carbonyl (C=O) groups excluding carboxylic acids is 2. The van der Waals surface area contributed by atoms with E-state index in [1.807, 2.05) is 12.1 Å². The Kier molecular flexibility index (Phi) is 5.37. The molecule has 1 aliphatic carbocycles. The van der Waals surface area contributed by atoms with Gasteiger partial charge in [0.15, 0.2) is 11.9 Å². The van der Waals surface area contributed by atoms with Gasteiger partial charge >= 0.3 is 0 Å². The van der Waals surface area contributed by atoms with Gasteiger partial charge in [0.1, 0.15) is 5.75 Å². The topological polar surface area (TPSA) is 55.4 Å². The monoisotopic (exact) mass is 289 g/mol. The molecule has 0 saturated heterocycles. The predicted molar refractivity (Wildman–Crippen MR) is 81.7 cm³/mol. The second-order valence-corrected chi connectivity index (χ2v) is 5.50. The number of nitrogens with one attached hydrogen (secondary N) is 1. The summed E-state index contributed by atoms with van der Waals surface area (Å²) in [5.74, 6) is 0.636. The maximum atomic E-state index is 11.9. The van der Waals surface area contributed by atoms with Crippen LogP contribution in [-0.4, -0.2) is 24.3 Å². The van der Waals surface area contributed by atoms with Crippen molar-refractivity contribution in [2.45, 2.75) is 52.1 Å². The maximum absolute atomic E-state index is 11.9. The number of ether oxygens (including phenoxy) is 1. The van der Waals surface area contributed by atoms with Crippen LogP contribution in [0.1, 0.15) is 55.5 Å². The van der Waals surface area contributed by atoms with Crippen LogP contribution in [0.2, 0.25) is 0 Å². The third kappa shape index (κ3) is 4.06. The third-order valence-corrected chi connectivity index (χ3v) is 3.74. The highest BCUT2D eigenvalue weighted by Gasteiger charge is 2.19. The van der Waals surface area contributed by atoms with Crippen molar-refractivity contribution in [3.05, 3.63) is 29.3 Å². The lowest BCUT2D eigenvalue weighted by atomic mass is 9.90. The van der Waals surface area contributed by atoms with Gasteiger partial charge < -0.3 is 10.1 Å². The fourth-order valence-electron chi connectivity index (χ4n) is 2.47. The number of ketones is 1. The minimum atomic E-state index is -0.557. The summed E-state index contributed by atoms with van der Waals surface area (Å²) in [6.45, 7) is 4.48. The molecular formula is C17H23NO3. The molecule has 1 atom stereocenters. The van der Waals surface area contributed by atoms with E-state index in [0.29, 0.717) is 18.7 Å². The molecule has 0 aliphatic heterocycles. The minimum Gasteiger partial charge on any atom is -0.481 e. The molecule has 1 aliphatic rings. The fourth-order valence-corrected chi connectivity index (χ4v) is 2.47. The first kappa shape index (κ1) is 15.5. The van der Waals surface area contributed by atoms with E-state index in [-0.39, 0.29) is 11.7 Å². The van der Waals surface area contributed by atoms with Gasteiger partial charge in [0.25, 0.3) is 5.91 Å². The van der Waals surface area contributed by atoms with Gasteiger partial charge in [-0.3, -0.25) is 9.59 Å². The van der Waals surface area contributed by atoms with E-state index >= 15 is 0 Å². The molecule has 1 unspecified atom stereocenters. The van der Waals surface area contributed by atoms with Crippen molar-refractivity contribution in [3.63, 3.8) is 0 Å². The van der Waals surface area contributed by atoms with Crippen LogP contribution >= 0.6 is 0 Å². The molecular weight excluding hydrogens is 266 g/mol. The number of aryl methyl sites for hydroxylation is 1. The van der Waals surface area contributed by atoms with Gasteiger partial charge in [0.2, 0.25) is 0 Å². The lowest BCUT2D eigenvalue weighted by Gasteiger charge is -2.18. The Hall–Kier alpha value is -1.84. The molecule has 4 nitrogen and oxygen atoms in total. The van der Waals surface area contributed by atoms with Crippen LogP contribution in [0.4, 0.5) is 0 Å². The number of carbonyl (C=O) groups is 2. The predicted octanol–water partition coefficient (Wildman–Crippen LogP) is 2.89. The lowest BCUT2D eigenvalue weighted by Crippen LogP contribution is -2.36. The van der Waals surface area contributed by atoms with Crippen molar-refractivity contribution < 1.29 is 14.3 Å². The summed E-state index contributed by atoms with van der Waals surface area (Å²) in [4.78, 5) is 23.8. The van der Waals surface area contributed by atoms with E-state index in [2.05, 4.69) is 12.2 Å². The average Bonchev–Trinajstić information content (AvgIpc) is 2.48. The van der Waals surface area contributed by atoms with Crippen LogP contribution in [-0.2, 0) is 11.2 Å². The zero-order valence-electron chi connectivity index (χ0n) is 12.8. The molecule has 114 valence electrons. The Morgan fingerprint density at radius 3 is 2.95 bits per heavy atom. The van der Waals surface area contributed by atoms with Gasteiger partial charge in [0, 0.05) is 18.5 Å². The van der Waals surface area contributed by atoms with Gasteiger partial charge in [0.05, 0.1) is 0 Å². The molecule has 2 rings (SSSR count). The SMILES string of the molecule is CCCCNC(=O)C(C)Oc1ccc2c(c1)C(=O)CCC2. The number of hydrogen-bond acceptors (Lipinski definition) is 3. The van der Waals surface area contributed by atoms with Crippen LogP contribution in [0.15, 0.2) is 18.2 Å². The van der Waals surface area contributed by atoms with Crippen molar-refractivity contribution in [1.82, 2.24) is 5.32 Å². The highest BCUT2D eigenvalue weighted by atomic mass is 16.5. The van der Waals surface area contributed by atoms with Gasteiger partial charge in [-0.05, 0) is 43.9 Å². The molecule has 0 radical (unpaired) electrons. The normalized spacial score (nSPS) is 15.2. The molecule has 21 heavy (non-hydrogen) atoms. The van der Waals surface area contributed by atoms with Crippen LogP contribution in [0.3, 0.4) is 0 Å². The second-order valence-electron chi connectivity index (χ2n) is 5.50. The first-order valence-electron chi connectivity index (χ1n) is 7.72. The molecule has 0 aromatic heterocycles. The second kappa shape index (κ2) is 7.25. The first-order valence-corrected chi connectivity index (χ1v) is 7.72. The molecule has 1 aromatic rings. The van der Waals surface area contributed by atoms with E-state index in [4.69, 9.17) is 4.74 Å². The number of rotatable bonds is 6. The Balaban J connectivity index is 1.98. The molecule has 0 spiro atoms. The molecule has 0 heterocycles. The molecule has 0 fully saturated rings. The van der Waals surface area contributed by atoms with Crippen molar-refractivity contribution in [3.8, 4) is 5.75 Å². The third-order valence-electron chi connectivity index (χ3n) is 3.74. The number of unbranched alkanes of at least 4 members (excludes halogenated alkanes) is 1. The number of benzene rings is 1. The fraction of sp³-hybridized carbons (Fsp3) is 0.529. The number of fused-ring (bicyclic) bond motifs is 1. The summed E-state index contributed by atoms with van der Waals surface area (Å²) >= 11 is 0. The quantitative estimate of drug-likeness (QED) is 0.819. The zero-order valence-corrected chi connectivity index (χ0v) is 12.8. The standard InChI is InChI=1S/C17H23NO3/c1-3-4-10-18-17(20)12(2)21-14-9-8-13-6-5-7-16(19)15(13)11-14/h8-9,11-12H,3-7,10H2,1-2H3,(H,18,20). The average molecular weight is 289 g/mol. The van der Waals surface area contributed by atoms with E-state index in [1.165, 1.54) is 0 Å². The molecule has 0 bridgehead atoms. The van der Waals surface area contributed by atoms with Crippen LogP contribution < -0.4 is 10.1 Å². The summed E-state index contributed by atoms with van der Waals surface area (Å²) in [6.07, 6.45) is 3.91.